The summed E-state index contributed by atoms with van der Waals surface area (Å²) in [6.45, 7) is 1.96. The van der Waals surface area contributed by atoms with Crippen LogP contribution < -0.4 is 20.7 Å². The first kappa shape index (κ1) is 22.9. The Hall–Kier alpha value is -3.53. The number of hydrogen-bond acceptors (Lipinski definition) is 8. The second-order valence-corrected chi connectivity index (χ2v) is 10.4. The minimum atomic E-state index is -0.879. The van der Waals surface area contributed by atoms with Crippen molar-refractivity contribution in [1.82, 2.24) is 15.3 Å². The number of aliphatic hydroxyl groups is 1. The highest BCUT2D eigenvalue weighted by atomic mass is 32.1. The molecular weight excluding hydrogens is 474 g/mol. The van der Waals surface area contributed by atoms with Gasteiger partial charge in [0.15, 0.2) is 11.5 Å². The summed E-state index contributed by atoms with van der Waals surface area (Å²) in [4.78, 5) is 21.8. The van der Waals surface area contributed by atoms with Crippen LogP contribution in [-0.4, -0.2) is 33.4 Å². The van der Waals surface area contributed by atoms with Crippen LogP contribution >= 0.6 is 11.3 Å². The average molecular weight is 502 g/mol. The molecule has 9 heteroatoms. The number of nitrogens with zero attached hydrogens (tertiary/aromatic N) is 2. The van der Waals surface area contributed by atoms with Crippen LogP contribution in [0.25, 0.3) is 10.3 Å². The van der Waals surface area contributed by atoms with Crippen molar-refractivity contribution in [2.45, 2.75) is 44.5 Å². The molecular formula is C27H27N5O3S. The van der Waals surface area contributed by atoms with Crippen molar-refractivity contribution in [3.8, 4) is 11.6 Å². The average Bonchev–Trinajstić information content (AvgIpc) is 3.79. The molecule has 1 amide bonds. The predicted molar refractivity (Wildman–Crippen MR) is 140 cm³/mol. The smallest absolute Gasteiger partial charge is 0.229 e. The molecule has 2 fully saturated rings. The van der Waals surface area contributed by atoms with E-state index in [2.05, 4.69) is 38.1 Å². The number of aromatic nitrogens is 2. The minimum absolute atomic E-state index is 0.0272. The zero-order chi connectivity index (χ0) is 24.6. The number of aryl methyl sites for hydroxylation is 1. The summed E-state index contributed by atoms with van der Waals surface area (Å²) in [5.74, 6) is 1.65. The van der Waals surface area contributed by atoms with Crippen LogP contribution in [0, 0.1) is 12.8 Å². The molecule has 36 heavy (non-hydrogen) atoms. The van der Waals surface area contributed by atoms with Gasteiger partial charge in [0.2, 0.25) is 11.8 Å². The van der Waals surface area contributed by atoms with E-state index in [0.717, 1.165) is 30.5 Å². The number of carbonyl (C=O) groups excluding carboxylic acids is 1. The predicted octanol–water partition coefficient (Wildman–Crippen LogP) is 4.97. The van der Waals surface area contributed by atoms with Gasteiger partial charge in [-0.2, -0.15) is 0 Å². The first-order valence-electron chi connectivity index (χ1n) is 12.1. The molecule has 3 atom stereocenters. The first-order chi connectivity index (χ1) is 17.5. The van der Waals surface area contributed by atoms with Gasteiger partial charge in [0.1, 0.15) is 16.1 Å². The molecule has 2 aliphatic carbocycles. The Labute approximate surface area is 212 Å². The molecule has 0 spiro atoms. The lowest BCUT2D eigenvalue weighted by Crippen LogP contribution is -2.38. The van der Waals surface area contributed by atoms with Crippen molar-refractivity contribution in [2.75, 3.05) is 10.6 Å². The lowest BCUT2D eigenvalue weighted by molar-refractivity contribution is -0.117. The molecule has 0 aliphatic heterocycles. The summed E-state index contributed by atoms with van der Waals surface area (Å²) in [7, 11) is 0. The molecule has 2 heterocycles. The zero-order valence-electron chi connectivity index (χ0n) is 19.8. The summed E-state index contributed by atoms with van der Waals surface area (Å²) in [6, 6.07) is 19.9. The quantitative estimate of drug-likeness (QED) is 0.240. The van der Waals surface area contributed by atoms with E-state index in [1.807, 2.05) is 49.4 Å². The molecule has 1 unspecified atom stereocenters. The second-order valence-electron chi connectivity index (χ2n) is 9.41. The third-order valence-corrected chi connectivity index (χ3v) is 7.38. The SMILES string of the molecule is Cc1ccc(NC(O)N[C@@H]2C[C@H]2c2ccccc2)cc1Oc1ccc2nc(NC(=O)C3CC3)sc2n1. The van der Waals surface area contributed by atoms with Gasteiger partial charge in [0.05, 0.1) is 0 Å². The Bertz CT molecular complexity index is 1410. The standard InChI is InChI=1S/C27H27N5O3S/c1-15-7-10-18(28-26(34)29-21-14-19(21)16-5-3-2-4-6-16)13-22(15)35-23-12-11-20-25(31-23)36-27(30-20)32-24(33)17-8-9-17/h2-7,10-13,17,19,21,26,28-29,34H,8-9,14H2,1H3,(H,30,32,33)/t19-,21+,26?/m0/s1. The number of carbonyl (C=O) groups is 1. The Morgan fingerprint density at radius 3 is 2.75 bits per heavy atom. The summed E-state index contributed by atoms with van der Waals surface area (Å²) in [5.41, 5.74) is 3.68. The maximum absolute atomic E-state index is 12.0. The van der Waals surface area contributed by atoms with Crippen LogP contribution in [0.3, 0.4) is 0 Å². The number of pyridine rings is 1. The highest BCUT2D eigenvalue weighted by Gasteiger charge is 2.39. The van der Waals surface area contributed by atoms with Crippen LogP contribution in [0.15, 0.2) is 60.7 Å². The number of nitrogens with one attached hydrogen (secondary N) is 3. The second kappa shape index (κ2) is 9.50. The summed E-state index contributed by atoms with van der Waals surface area (Å²) in [5, 5.41) is 20.3. The number of hydrogen-bond donors (Lipinski definition) is 4. The summed E-state index contributed by atoms with van der Waals surface area (Å²) in [6.07, 6.45) is 2.02. The molecule has 6 rings (SSSR count). The Balaban J connectivity index is 1.09. The van der Waals surface area contributed by atoms with Crippen LogP contribution in [0.4, 0.5) is 10.8 Å². The van der Waals surface area contributed by atoms with Gasteiger partial charge in [-0.3, -0.25) is 10.1 Å². The monoisotopic (exact) mass is 501 g/mol. The Morgan fingerprint density at radius 1 is 1.11 bits per heavy atom. The normalized spacial score (nSPS) is 19.6. The van der Waals surface area contributed by atoms with E-state index in [1.54, 1.807) is 6.07 Å². The van der Waals surface area contributed by atoms with E-state index in [0.29, 0.717) is 33.0 Å². The van der Waals surface area contributed by atoms with Gasteiger partial charge in [-0.15, -0.1) is 0 Å². The number of anilines is 2. The van der Waals surface area contributed by atoms with Crippen LogP contribution in [0.1, 0.15) is 36.3 Å². The molecule has 0 saturated heterocycles. The van der Waals surface area contributed by atoms with E-state index in [-0.39, 0.29) is 17.9 Å². The number of aliphatic hydroxyl groups excluding tert-OH is 1. The van der Waals surface area contributed by atoms with E-state index in [1.165, 1.54) is 16.9 Å². The molecule has 184 valence electrons. The summed E-state index contributed by atoms with van der Waals surface area (Å²) < 4.78 is 6.08. The molecule has 8 nitrogen and oxygen atoms in total. The lowest BCUT2D eigenvalue weighted by Gasteiger charge is -2.17. The number of rotatable bonds is 9. The van der Waals surface area contributed by atoms with Crippen molar-refractivity contribution in [3.63, 3.8) is 0 Å². The molecule has 2 aliphatic rings. The number of amides is 1. The van der Waals surface area contributed by atoms with Crippen molar-refractivity contribution in [2.24, 2.45) is 5.92 Å². The van der Waals surface area contributed by atoms with Gasteiger partial charge in [-0.25, -0.2) is 9.97 Å². The van der Waals surface area contributed by atoms with Crippen molar-refractivity contribution in [1.29, 1.82) is 0 Å². The first-order valence-corrected chi connectivity index (χ1v) is 13.0. The van der Waals surface area contributed by atoms with Gasteiger partial charge in [0.25, 0.3) is 0 Å². The Morgan fingerprint density at radius 2 is 1.94 bits per heavy atom. The Kier molecular flexibility index (Phi) is 6.04. The highest BCUT2D eigenvalue weighted by molar-refractivity contribution is 7.21. The fourth-order valence-corrected chi connectivity index (χ4v) is 5.06. The van der Waals surface area contributed by atoms with Crippen LogP contribution in [-0.2, 0) is 4.79 Å². The van der Waals surface area contributed by atoms with Gasteiger partial charge < -0.3 is 20.5 Å². The van der Waals surface area contributed by atoms with Crippen molar-refractivity contribution < 1.29 is 14.6 Å². The highest BCUT2D eigenvalue weighted by Crippen LogP contribution is 2.41. The number of fused-ring (bicyclic) bond motifs is 1. The van der Waals surface area contributed by atoms with Crippen LogP contribution in [0.5, 0.6) is 11.6 Å². The molecule has 4 aromatic rings. The fraction of sp³-hybridized carbons (Fsp3) is 0.296. The number of ether oxygens (including phenoxy) is 1. The number of benzene rings is 2. The van der Waals surface area contributed by atoms with E-state index in [4.69, 9.17) is 4.74 Å². The topological polar surface area (TPSA) is 108 Å². The largest absolute Gasteiger partial charge is 0.439 e. The molecule has 0 radical (unpaired) electrons. The van der Waals surface area contributed by atoms with E-state index < -0.39 is 6.35 Å². The third kappa shape index (κ3) is 5.18. The van der Waals surface area contributed by atoms with Crippen LogP contribution in [0.2, 0.25) is 0 Å². The zero-order valence-corrected chi connectivity index (χ0v) is 20.6. The molecule has 2 aromatic heterocycles. The molecule has 4 N–H and O–H groups in total. The third-order valence-electron chi connectivity index (χ3n) is 6.50. The van der Waals surface area contributed by atoms with Gasteiger partial charge in [-0.05, 0) is 49.4 Å². The maximum atomic E-state index is 12.0. The van der Waals surface area contributed by atoms with Gasteiger partial charge in [-0.1, -0.05) is 47.7 Å². The molecule has 2 saturated carbocycles. The van der Waals surface area contributed by atoms with Crippen molar-refractivity contribution in [3.05, 3.63) is 71.8 Å². The fourth-order valence-electron chi connectivity index (χ4n) is 4.23. The molecule has 2 aromatic carbocycles. The van der Waals surface area contributed by atoms with Gasteiger partial charge >= 0.3 is 0 Å². The molecule has 0 bridgehead atoms. The van der Waals surface area contributed by atoms with E-state index in [9.17, 15) is 9.90 Å². The number of thiazole rings is 1. The van der Waals surface area contributed by atoms with E-state index >= 15 is 0 Å². The maximum Gasteiger partial charge on any atom is 0.229 e. The van der Waals surface area contributed by atoms with Crippen molar-refractivity contribution >= 4 is 38.4 Å². The summed E-state index contributed by atoms with van der Waals surface area (Å²) >= 11 is 1.33. The minimum Gasteiger partial charge on any atom is -0.439 e. The van der Waals surface area contributed by atoms with Gasteiger partial charge in [0, 0.05) is 35.7 Å². The lowest BCUT2D eigenvalue weighted by atomic mass is 10.1.